The van der Waals surface area contributed by atoms with Gasteiger partial charge in [0.2, 0.25) is 11.7 Å². The van der Waals surface area contributed by atoms with Crippen LogP contribution in [0.15, 0.2) is 40.1 Å². The number of aryl methyl sites for hydroxylation is 2. The second-order valence-electron chi connectivity index (χ2n) is 6.97. The van der Waals surface area contributed by atoms with Crippen LogP contribution in [0.5, 0.6) is 5.75 Å². The Labute approximate surface area is 182 Å². The van der Waals surface area contributed by atoms with E-state index >= 15 is 0 Å². The van der Waals surface area contributed by atoms with E-state index in [0.717, 1.165) is 61.9 Å². The van der Waals surface area contributed by atoms with Gasteiger partial charge >= 0.3 is 0 Å². The number of aromatic nitrogens is 5. The van der Waals surface area contributed by atoms with E-state index in [1.807, 2.05) is 38.2 Å². The molecule has 2 aromatic heterocycles. The lowest BCUT2D eigenvalue weighted by Crippen LogP contribution is -2.37. The van der Waals surface area contributed by atoms with Crippen molar-refractivity contribution in [3.63, 3.8) is 0 Å². The first kappa shape index (κ1) is 22.3. The summed E-state index contributed by atoms with van der Waals surface area (Å²) in [5, 5.41) is 14.7. The van der Waals surface area contributed by atoms with Crippen molar-refractivity contribution in [2.45, 2.75) is 39.2 Å². The molecular formula is C21H30N8O2. The Morgan fingerprint density at radius 2 is 2.00 bits per heavy atom. The molecule has 0 saturated carbocycles. The largest absolute Gasteiger partial charge is 0.497 e. The summed E-state index contributed by atoms with van der Waals surface area (Å²) in [6.45, 7) is 4.17. The van der Waals surface area contributed by atoms with Crippen LogP contribution in [-0.2, 0) is 20.0 Å². The van der Waals surface area contributed by atoms with E-state index in [0.29, 0.717) is 18.3 Å². The molecule has 3 rings (SSSR count). The number of methoxy groups -OCH3 is 1. The lowest BCUT2D eigenvalue weighted by Gasteiger charge is -2.10. The van der Waals surface area contributed by atoms with Gasteiger partial charge in [-0.05, 0) is 44.0 Å². The molecule has 0 bridgehead atoms. The first-order valence-electron chi connectivity index (χ1n) is 10.5. The number of guanidine groups is 1. The smallest absolute Gasteiger partial charge is 0.226 e. The van der Waals surface area contributed by atoms with Gasteiger partial charge in [-0.3, -0.25) is 4.68 Å². The zero-order valence-electron chi connectivity index (χ0n) is 18.3. The highest BCUT2D eigenvalue weighted by molar-refractivity contribution is 5.79. The molecule has 0 amide bonds. The number of nitrogens with zero attached hydrogens (tertiary/aromatic N) is 6. The maximum absolute atomic E-state index is 5.38. The Kier molecular flexibility index (Phi) is 8.39. The Balaban J connectivity index is 1.36. The molecule has 3 aromatic rings. The normalized spacial score (nSPS) is 11.5. The number of nitrogens with one attached hydrogen (secondary N) is 2. The van der Waals surface area contributed by atoms with Crippen molar-refractivity contribution in [1.29, 1.82) is 0 Å². The van der Waals surface area contributed by atoms with E-state index in [1.165, 1.54) is 6.33 Å². The van der Waals surface area contributed by atoms with Gasteiger partial charge in [0.1, 0.15) is 24.4 Å². The molecule has 0 fully saturated rings. The maximum atomic E-state index is 5.38. The van der Waals surface area contributed by atoms with Crippen LogP contribution in [0.4, 0.5) is 0 Å². The Morgan fingerprint density at radius 3 is 2.71 bits per heavy atom. The number of unbranched alkanes of at least 4 members (excludes halogenated alkanes) is 2. The summed E-state index contributed by atoms with van der Waals surface area (Å²) < 4.78 is 12.3. The molecule has 31 heavy (non-hydrogen) atoms. The zero-order valence-corrected chi connectivity index (χ0v) is 18.3. The molecule has 2 heterocycles. The summed E-state index contributed by atoms with van der Waals surface area (Å²) in [5.74, 6) is 3.68. The number of ether oxygens (including phenoxy) is 1. The number of benzene rings is 1. The van der Waals surface area contributed by atoms with Crippen molar-refractivity contribution in [3.8, 4) is 17.1 Å². The fourth-order valence-corrected chi connectivity index (χ4v) is 2.95. The fraction of sp³-hybridized carbons (Fsp3) is 0.476. The summed E-state index contributed by atoms with van der Waals surface area (Å²) in [6, 6.07) is 7.62. The molecule has 0 saturated heterocycles. The number of rotatable bonds is 11. The molecule has 0 atom stereocenters. The lowest BCUT2D eigenvalue weighted by molar-refractivity contribution is 0.374. The third-order valence-corrected chi connectivity index (χ3v) is 4.70. The second-order valence-corrected chi connectivity index (χ2v) is 6.97. The predicted octanol–water partition coefficient (Wildman–Crippen LogP) is 2.34. The van der Waals surface area contributed by atoms with E-state index in [4.69, 9.17) is 9.26 Å². The lowest BCUT2D eigenvalue weighted by atomic mass is 10.2. The van der Waals surface area contributed by atoms with Crippen molar-refractivity contribution >= 4 is 5.96 Å². The molecule has 10 heteroatoms. The molecule has 0 unspecified atom stereocenters. The van der Waals surface area contributed by atoms with Crippen molar-refractivity contribution in [2.75, 3.05) is 20.2 Å². The zero-order chi connectivity index (χ0) is 21.9. The van der Waals surface area contributed by atoms with Crippen LogP contribution in [0.2, 0.25) is 0 Å². The standard InChI is InChI=1S/C21H30N8O2/c1-4-22-21(24-14-18-25-15-26-29(18)2)23-13-7-5-6-8-19-27-20(28-31-19)16-9-11-17(30-3)12-10-16/h9-12,15H,4-8,13-14H2,1-3H3,(H2,22,23,24). The van der Waals surface area contributed by atoms with Crippen LogP contribution in [0, 0.1) is 0 Å². The fourth-order valence-electron chi connectivity index (χ4n) is 2.95. The monoisotopic (exact) mass is 426 g/mol. The van der Waals surface area contributed by atoms with Crippen LogP contribution < -0.4 is 15.4 Å². The van der Waals surface area contributed by atoms with Gasteiger partial charge in [0, 0.05) is 32.1 Å². The summed E-state index contributed by atoms with van der Waals surface area (Å²) in [6.07, 6.45) is 5.36. The molecular weight excluding hydrogens is 396 g/mol. The van der Waals surface area contributed by atoms with Gasteiger partial charge in [0.05, 0.1) is 7.11 Å². The van der Waals surface area contributed by atoms with Gasteiger partial charge < -0.3 is 19.9 Å². The van der Waals surface area contributed by atoms with E-state index in [2.05, 4.69) is 35.8 Å². The number of hydrogen-bond donors (Lipinski definition) is 2. The predicted molar refractivity (Wildman–Crippen MR) is 118 cm³/mol. The van der Waals surface area contributed by atoms with Crippen molar-refractivity contribution in [2.24, 2.45) is 12.0 Å². The van der Waals surface area contributed by atoms with E-state index < -0.39 is 0 Å². The van der Waals surface area contributed by atoms with Crippen LogP contribution in [0.1, 0.15) is 37.9 Å². The van der Waals surface area contributed by atoms with Crippen molar-refractivity contribution in [3.05, 3.63) is 42.3 Å². The van der Waals surface area contributed by atoms with Crippen LogP contribution in [-0.4, -0.2) is 51.1 Å². The topological polar surface area (TPSA) is 115 Å². The third kappa shape index (κ3) is 6.80. The van der Waals surface area contributed by atoms with Crippen LogP contribution in [0.3, 0.4) is 0 Å². The SMILES string of the molecule is CCNC(=NCc1ncnn1C)NCCCCCc1nc(-c2ccc(OC)cc2)no1. The molecule has 0 spiro atoms. The van der Waals surface area contributed by atoms with Crippen LogP contribution in [0.25, 0.3) is 11.4 Å². The first-order chi connectivity index (χ1) is 15.2. The molecule has 166 valence electrons. The van der Waals surface area contributed by atoms with E-state index in [9.17, 15) is 0 Å². The maximum Gasteiger partial charge on any atom is 0.226 e. The average Bonchev–Trinajstić information content (AvgIpc) is 3.43. The molecule has 0 aliphatic heterocycles. The number of aliphatic imine (C=N–C) groups is 1. The van der Waals surface area contributed by atoms with Crippen LogP contribution >= 0.6 is 0 Å². The van der Waals surface area contributed by atoms with E-state index in [1.54, 1.807) is 11.8 Å². The molecule has 0 radical (unpaired) electrons. The molecule has 0 aliphatic rings. The van der Waals surface area contributed by atoms with E-state index in [-0.39, 0.29) is 0 Å². The molecule has 1 aromatic carbocycles. The highest BCUT2D eigenvalue weighted by Crippen LogP contribution is 2.20. The number of hydrogen-bond acceptors (Lipinski definition) is 7. The average molecular weight is 427 g/mol. The van der Waals surface area contributed by atoms with Gasteiger partial charge in [-0.25, -0.2) is 9.98 Å². The summed E-state index contributed by atoms with van der Waals surface area (Å²) in [7, 11) is 3.51. The summed E-state index contributed by atoms with van der Waals surface area (Å²) in [5.41, 5.74) is 0.913. The minimum atomic E-state index is 0.486. The minimum Gasteiger partial charge on any atom is -0.497 e. The Bertz CT molecular complexity index is 948. The third-order valence-electron chi connectivity index (χ3n) is 4.70. The van der Waals surface area contributed by atoms with Gasteiger partial charge in [-0.15, -0.1) is 0 Å². The Morgan fingerprint density at radius 1 is 1.16 bits per heavy atom. The quantitative estimate of drug-likeness (QED) is 0.273. The highest BCUT2D eigenvalue weighted by Gasteiger charge is 2.08. The minimum absolute atomic E-state index is 0.486. The van der Waals surface area contributed by atoms with Crippen molar-refractivity contribution in [1.82, 2.24) is 35.5 Å². The van der Waals surface area contributed by atoms with Gasteiger partial charge in [-0.1, -0.05) is 11.6 Å². The second kappa shape index (κ2) is 11.7. The highest BCUT2D eigenvalue weighted by atomic mass is 16.5. The molecule has 2 N–H and O–H groups in total. The summed E-state index contributed by atoms with van der Waals surface area (Å²) in [4.78, 5) is 13.2. The van der Waals surface area contributed by atoms with Gasteiger partial charge in [0.15, 0.2) is 5.96 Å². The summed E-state index contributed by atoms with van der Waals surface area (Å²) >= 11 is 0. The van der Waals surface area contributed by atoms with Gasteiger partial charge in [0.25, 0.3) is 0 Å². The van der Waals surface area contributed by atoms with Crippen molar-refractivity contribution < 1.29 is 9.26 Å². The Hall–Kier alpha value is -3.43. The van der Waals surface area contributed by atoms with Gasteiger partial charge in [-0.2, -0.15) is 10.1 Å². The molecule has 10 nitrogen and oxygen atoms in total. The first-order valence-corrected chi connectivity index (χ1v) is 10.5. The molecule has 0 aliphatic carbocycles.